The number of hydrogen-bond acceptors (Lipinski definition) is 4. The topological polar surface area (TPSA) is 87.4 Å². The van der Waals surface area contributed by atoms with Crippen molar-refractivity contribution in [2.45, 2.75) is 83.9 Å². The molecule has 0 saturated heterocycles. The molecule has 26 heavy (non-hydrogen) atoms. The molecule has 1 heterocycles. The smallest absolute Gasteiger partial charge is 0.191 e. The lowest BCUT2D eigenvalue weighted by Crippen LogP contribution is -2.50. The second-order valence-corrected chi connectivity index (χ2v) is 8.28. The van der Waals surface area contributed by atoms with Gasteiger partial charge in [-0.25, -0.2) is 4.99 Å². The number of aliphatic hydroxyl groups is 1. The van der Waals surface area contributed by atoms with Crippen LogP contribution in [0.1, 0.15) is 69.9 Å². The first kappa shape index (κ1) is 19.1. The minimum absolute atomic E-state index is 0.0856. The molecule has 2 saturated carbocycles. The molecular weight excluding hydrogens is 328 g/mol. The van der Waals surface area contributed by atoms with Crippen LogP contribution in [0.4, 0.5) is 0 Å². The molecule has 0 aromatic carbocycles. The summed E-state index contributed by atoms with van der Waals surface area (Å²) in [5.41, 5.74) is -0.0856. The Kier molecular flexibility index (Phi) is 6.16. The van der Waals surface area contributed by atoms with E-state index in [1.165, 1.54) is 32.1 Å². The van der Waals surface area contributed by atoms with E-state index in [4.69, 9.17) is 4.99 Å². The largest absolute Gasteiger partial charge is 0.392 e. The fourth-order valence-electron chi connectivity index (χ4n) is 4.03. The van der Waals surface area contributed by atoms with Gasteiger partial charge in [-0.1, -0.05) is 32.6 Å². The van der Waals surface area contributed by atoms with Crippen molar-refractivity contribution in [2.75, 3.05) is 6.54 Å². The van der Waals surface area contributed by atoms with Crippen LogP contribution in [0.15, 0.2) is 4.99 Å². The lowest BCUT2D eigenvalue weighted by Gasteiger charge is -2.39. The number of hydrogen-bond donors (Lipinski definition) is 3. The molecule has 0 aliphatic heterocycles. The fraction of sp³-hybridized carbons (Fsp3) is 0.842. The summed E-state index contributed by atoms with van der Waals surface area (Å²) in [7, 11) is 1.97. The Morgan fingerprint density at radius 2 is 1.96 bits per heavy atom. The maximum Gasteiger partial charge on any atom is 0.191 e. The Bertz CT molecular complexity index is 622. The van der Waals surface area contributed by atoms with Crippen molar-refractivity contribution < 1.29 is 5.11 Å². The minimum atomic E-state index is -0.238. The summed E-state index contributed by atoms with van der Waals surface area (Å²) in [6, 6.07) is 0.492. The number of aliphatic hydroxyl groups excluding tert-OH is 1. The van der Waals surface area contributed by atoms with E-state index in [0.29, 0.717) is 12.6 Å². The zero-order valence-electron chi connectivity index (χ0n) is 16.5. The van der Waals surface area contributed by atoms with Gasteiger partial charge in [0.15, 0.2) is 11.8 Å². The Labute approximate surface area is 156 Å². The molecule has 7 heteroatoms. The SMILES string of the molecule is Cc1nnc(CN=C(NCC2(C)CCCCC2O)NC2CCCC2)n1C. The van der Waals surface area contributed by atoms with Gasteiger partial charge in [-0.15, -0.1) is 10.2 Å². The molecule has 1 aromatic heterocycles. The van der Waals surface area contributed by atoms with Gasteiger partial charge in [0.05, 0.1) is 6.10 Å². The van der Waals surface area contributed by atoms with E-state index in [2.05, 4.69) is 27.8 Å². The van der Waals surface area contributed by atoms with Crippen LogP contribution in [-0.2, 0) is 13.6 Å². The van der Waals surface area contributed by atoms with Crippen molar-refractivity contribution in [3.05, 3.63) is 11.6 Å². The third kappa shape index (κ3) is 4.55. The number of guanidine groups is 1. The molecule has 2 aliphatic rings. The summed E-state index contributed by atoms with van der Waals surface area (Å²) in [6.45, 7) is 5.37. The van der Waals surface area contributed by atoms with E-state index >= 15 is 0 Å². The van der Waals surface area contributed by atoms with Crippen LogP contribution in [0.5, 0.6) is 0 Å². The second kappa shape index (κ2) is 8.37. The van der Waals surface area contributed by atoms with Crippen LogP contribution in [0.2, 0.25) is 0 Å². The normalized spacial score (nSPS) is 27.7. The fourth-order valence-corrected chi connectivity index (χ4v) is 4.03. The molecular formula is C19H34N6O. The highest BCUT2D eigenvalue weighted by molar-refractivity contribution is 5.80. The van der Waals surface area contributed by atoms with Crippen LogP contribution < -0.4 is 10.6 Å². The molecule has 0 radical (unpaired) electrons. The lowest BCUT2D eigenvalue weighted by molar-refractivity contribution is 0.00395. The van der Waals surface area contributed by atoms with Gasteiger partial charge >= 0.3 is 0 Å². The molecule has 146 valence electrons. The number of nitrogens with zero attached hydrogens (tertiary/aromatic N) is 4. The molecule has 7 nitrogen and oxygen atoms in total. The molecule has 2 unspecified atom stereocenters. The van der Waals surface area contributed by atoms with E-state index in [9.17, 15) is 5.11 Å². The lowest BCUT2D eigenvalue weighted by atomic mass is 9.73. The third-order valence-corrected chi connectivity index (χ3v) is 6.20. The third-order valence-electron chi connectivity index (χ3n) is 6.20. The Balaban J connectivity index is 1.66. The number of aryl methyl sites for hydroxylation is 1. The predicted molar refractivity (Wildman–Crippen MR) is 103 cm³/mol. The van der Waals surface area contributed by atoms with Crippen LogP contribution in [0, 0.1) is 12.3 Å². The van der Waals surface area contributed by atoms with Gasteiger partial charge in [-0.2, -0.15) is 0 Å². The van der Waals surface area contributed by atoms with E-state index in [-0.39, 0.29) is 11.5 Å². The monoisotopic (exact) mass is 362 g/mol. The average Bonchev–Trinajstić information content (AvgIpc) is 3.25. The van der Waals surface area contributed by atoms with Crippen molar-refractivity contribution in [1.29, 1.82) is 0 Å². The number of rotatable bonds is 5. The molecule has 3 rings (SSSR count). The molecule has 1 aromatic rings. The maximum atomic E-state index is 10.5. The quantitative estimate of drug-likeness (QED) is 0.551. The molecule has 0 bridgehead atoms. The van der Waals surface area contributed by atoms with E-state index in [1.807, 2.05) is 18.5 Å². The van der Waals surface area contributed by atoms with Crippen molar-refractivity contribution in [2.24, 2.45) is 17.5 Å². The van der Waals surface area contributed by atoms with E-state index < -0.39 is 0 Å². The molecule has 3 N–H and O–H groups in total. The van der Waals surface area contributed by atoms with Gasteiger partial charge in [0.2, 0.25) is 0 Å². The Morgan fingerprint density at radius 1 is 1.23 bits per heavy atom. The predicted octanol–water partition coefficient (Wildman–Crippen LogP) is 2.04. The van der Waals surface area contributed by atoms with Gasteiger partial charge in [-0.05, 0) is 32.6 Å². The first-order chi connectivity index (χ1) is 12.5. The number of nitrogens with one attached hydrogen (secondary N) is 2. The van der Waals surface area contributed by atoms with Crippen molar-refractivity contribution >= 4 is 5.96 Å². The van der Waals surface area contributed by atoms with Crippen molar-refractivity contribution in [3.63, 3.8) is 0 Å². The van der Waals surface area contributed by atoms with Gasteiger partial charge in [0.25, 0.3) is 0 Å². The molecule has 0 spiro atoms. The maximum absolute atomic E-state index is 10.5. The van der Waals surface area contributed by atoms with Gasteiger partial charge < -0.3 is 20.3 Å². The minimum Gasteiger partial charge on any atom is -0.392 e. The van der Waals surface area contributed by atoms with Gasteiger partial charge in [-0.3, -0.25) is 0 Å². The molecule has 2 fully saturated rings. The summed E-state index contributed by atoms with van der Waals surface area (Å²) in [4.78, 5) is 4.76. The van der Waals surface area contributed by atoms with Crippen molar-refractivity contribution in [3.8, 4) is 0 Å². The zero-order valence-corrected chi connectivity index (χ0v) is 16.5. The van der Waals surface area contributed by atoms with Crippen LogP contribution in [0.25, 0.3) is 0 Å². The second-order valence-electron chi connectivity index (χ2n) is 8.28. The molecule has 2 atom stereocenters. The summed E-state index contributed by atoms with van der Waals surface area (Å²) in [5.74, 6) is 2.58. The Morgan fingerprint density at radius 3 is 2.62 bits per heavy atom. The summed E-state index contributed by atoms with van der Waals surface area (Å²) < 4.78 is 1.98. The Hall–Kier alpha value is -1.63. The summed E-state index contributed by atoms with van der Waals surface area (Å²) in [6.07, 6.45) is 9.00. The summed E-state index contributed by atoms with van der Waals surface area (Å²) >= 11 is 0. The highest BCUT2D eigenvalue weighted by Gasteiger charge is 2.35. The van der Waals surface area contributed by atoms with Crippen LogP contribution in [-0.4, -0.2) is 44.5 Å². The van der Waals surface area contributed by atoms with Crippen LogP contribution in [0.3, 0.4) is 0 Å². The van der Waals surface area contributed by atoms with E-state index in [0.717, 1.165) is 43.4 Å². The number of aliphatic imine (C=N–C) groups is 1. The first-order valence-corrected chi connectivity index (χ1v) is 10.1. The highest BCUT2D eigenvalue weighted by Crippen LogP contribution is 2.35. The molecule has 0 amide bonds. The standard InChI is InChI=1S/C19H34N6O/c1-14-23-24-17(25(14)3)12-20-18(22-15-8-4-5-9-15)21-13-19(2)11-7-6-10-16(19)26/h15-16,26H,4-13H2,1-3H3,(H2,20,21,22). The zero-order chi connectivity index (χ0) is 18.6. The average molecular weight is 363 g/mol. The molecule has 2 aliphatic carbocycles. The van der Waals surface area contributed by atoms with Gasteiger partial charge in [0.1, 0.15) is 12.4 Å². The first-order valence-electron chi connectivity index (χ1n) is 10.1. The van der Waals surface area contributed by atoms with Gasteiger partial charge in [0, 0.05) is 25.0 Å². The summed E-state index contributed by atoms with van der Waals surface area (Å²) in [5, 5.41) is 25.9. The number of aromatic nitrogens is 3. The highest BCUT2D eigenvalue weighted by atomic mass is 16.3. The van der Waals surface area contributed by atoms with E-state index in [1.54, 1.807) is 0 Å². The van der Waals surface area contributed by atoms with Crippen LogP contribution >= 0.6 is 0 Å². The van der Waals surface area contributed by atoms with Crippen molar-refractivity contribution in [1.82, 2.24) is 25.4 Å².